The number of methoxy groups -OCH3 is 1. The molecule has 0 fully saturated rings. The molecule has 5 nitrogen and oxygen atoms in total. The third-order valence-electron chi connectivity index (χ3n) is 3.86. The predicted molar refractivity (Wildman–Crippen MR) is 97.4 cm³/mol. The van der Waals surface area contributed by atoms with Gasteiger partial charge in [-0.2, -0.15) is 0 Å². The molecule has 1 unspecified atom stereocenters. The van der Waals surface area contributed by atoms with Crippen LogP contribution in [0.4, 0.5) is 0 Å². The molecule has 5 heteroatoms. The second kappa shape index (κ2) is 10.2. The first-order valence-corrected chi connectivity index (χ1v) is 8.75. The van der Waals surface area contributed by atoms with Crippen LogP contribution in [0.25, 0.3) is 0 Å². The lowest BCUT2D eigenvalue weighted by Gasteiger charge is -2.20. The van der Waals surface area contributed by atoms with Gasteiger partial charge in [0.05, 0.1) is 25.8 Å². The molecule has 1 rings (SSSR count). The molecule has 2 atom stereocenters. The van der Waals surface area contributed by atoms with Gasteiger partial charge in [-0.05, 0) is 43.4 Å². The molecule has 0 saturated carbocycles. The van der Waals surface area contributed by atoms with Crippen LogP contribution in [0.1, 0.15) is 58.6 Å². The van der Waals surface area contributed by atoms with Crippen molar-refractivity contribution in [2.45, 2.75) is 59.0 Å². The highest BCUT2D eigenvalue weighted by atomic mass is 16.5. The minimum atomic E-state index is -0.481. The average Bonchev–Trinajstić information content (AvgIpc) is 2.54. The van der Waals surface area contributed by atoms with E-state index in [1.165, 1.54) is 0 Å². The van der Waals surface area contributed by atoms with Crippen LogP contribution < -0.4 is 20.5 Å². The van der Waals surface area contributed by atoms with Gasteiger partial charge in [-0.3, -0.25) is 4.79 Å². The highest BCUT2D eigenvalue weighted by molar-refractivity contribution is 5.81. The largest absolute Gasteiger partial charge is 0.493 e. The van der Waals surface area contributed by atoms with E-state index in [2.05, 4.69) is 26.1 Å². The first-order chi connectivity index (χ1) is 11.4. The third-order valence-corrected chi connectivity index (χ3v) is 3.86. The summed E-state index contributed by atoms with van der Waals surface area (Å²) in [4.78, 5) is 12.2. The number of unbranched alkanes of at least 4 members (excludes halogenated alkanes) is 1. The summed E-state index contributed by atoms with van der Waals surface area (Å²) in [5, 5.41) is 2.96. The fourth-order valence-electron chi connectivity index (χ4n) is 2.42. The van der Waals surface area contributed by atoms with Crippen molar-refractivity contribution in [3.63, 3.8) is 0 Å². The van der Waals surface area contributed by atoms with E-state index in [4.69, 9.17) is 15.2 Å². The normalized spacial score (nSPS) is 13.5. The van der Waals surface area contributed by atoms with E-state index in [0.29, 0.717) is 24.7 Å². The van der Waals surface area contributed by atoms with Crippen LogP contribution in [0.2, 0.25) is 0 Å². The second-order valence-electron chi connectivity index (χ2n) is 6.58. The van der Waals surface area contributed by atoms with Gasteiger partial charge in [0.15, 0.2) is 11.5 Å². The lowest BCUT2D eigenvalue weighted by atomic mass is 10.0. The van der Waals surface area contributed by atoms with E-state index in [9.17, 15) is 4.79 Å². The Labute approximate surface area is 145 Å². The van der Waals surface area contributed by atoms with Crippen molar-refractivity contribution in [2.75, 3.05) is 13.7 Å². The molecule has 1 aromatic carbocycles. The Morgan fingerprint density at radius 2 is 1.96 bits per heavy atom. The van der Waals surface area contributed by atoms with Crippen molar-refractivity contribution < 1.29 is 14.3 Å². The van der Waals surface area contributed by atoms with Crippen LogP contribution in [-0.4, -0.2) is 25.7 Å². The maximum Gasteiger partial charge on any atom is 0.237 e. The Kier molecular flexibility index (Phi) is 8.61. The maximum atomic E-state index is 12.2. The summed E-state index contributed by atoms with van der Waals surface area (Å²) in [6.07, 6.45) is 2.76. The van der Waals surface area contributed by atoms with E-state index in [1.54, 1.807) is 7.11 Å². The van der Waals surface area contributed by atoms with Gasteiger partial charge in [0.2, 0.25) is 5.91 Å². The van der Waals surface area contributed by atoms with Crippen LogP contribution in [0.3, 0.4) is 0 Å². The minimum absolute atomic E-state index is 0.126. The van der Waals surface area contributed by atoms with Crippen LogP contribution >= 0.6 is 0 Å². The van der Waals surface area contributed by atoms with Crippen LogP contribution in [0.15, 0.2) is 18.2 Å². The average molecular weight is 336 g/mol. The van der Waals surface area contributed by atoms with Gasteiger partial charge in [-0.25, -0.2) is 0 Å². The number of carbonyl (C=O) groups is 1. The molecule has 0 spiro atoms. The summed E-state index contributed by atoms with van der Waals surface area (Å²) in [7, 11) is 1.62. The second-order valence-corrected chi connectivity index (χ2v) is 6.58. The molecule has 24 heavy (non-hydrogen) atoms. The number of amides is 1. The lowest BCUT2D eigenvalue weighted by molar-refractivity contribution is -0.123. The molecule has 0 aromatic heterocycles. The van der Waals surface area contributed by atoms with Crippen LogP contribution in [0.5, 0.6) is 11.5 Å². The van der Waals surface area contributed by atoms with Gasteiger partial charge < -0.3 is 20.5 Å². The summed E-state index contributed by atoms with van der Waals surface area (Å²) in [6, 6.07) is 5.11. The number of nitrogens with one attached hydrogen (secondary N) is 1. The maximum absolute atomic E-state index is 12.2. The first kappa shape index (κ1) is 20.3. The topological polar surface area (TPSA) is 73.6 Å². The molecule has 0 bridgehead atoms. The Hall–Kier alpha value is -1.75. The van der Waals surface area contributed by atoms with Crippen LogP contribution in [0, 0.1) is 5.92 Å². The van der Waals surface area contributed by atoms with Crippen molar-refractivity contribution in [3.8, 4) is 11.5 Å². The van der Waals surface area contributed by atoms with Gasteiger partial charge in [0.1, 0.15) is 0 Å². The van der Waals surface area contributed by atoms with Crippen molar-refractivity contribution in [1.82, 2.24) is 5.32 Å². The molecule has 1 aromatic rings. The molecule has 0 saturated heterocycles. The van der Waals surface area contributed by atoms with Crippen molar-refractivity contribution >= 4 is 5.91 Å². The Balaban J connectivity index is 2.73. The Bertz CT molecular complexity index is 517. The number of hydrogen-bond donors (Lipinski definition) is 2. The summed E-state index contributed by atoms with van der Waals surface area (Å²) in [6.45, 7) is 8.84. The van der Waals surface area contributed by atoms with Gasteiger partial charge in [-0.15, -0.1) is 0 Å². The highest BCUT2D eigenvalue weighted by Crippen LogP contribution is 2.30. The number of benzene rings is 1. The summed E-state index contributed by atoms with van der Waals surface area (Å²) >= 11 is 0. The number of rotatable bonds is 10. The molecule has 0 aliphatic heterocycles. The summed E-state index contributed by atoms with van der Waals surface area (Å²) < 4.78 is 11.1. The number of ether oxygens (including phenoxy) is 2. The molecule has 3 N–H and O–H groups in total. The molecular weight excluding hydrogens is 304 g/mol. The van der Waals surface area contributed by atoms with Crippen molar-refractivity contribution in [2.24, 2.45) is 11.7 Å². The quantitative estimate of drug-likeness (QED) is 0.642. The fraction of sp³-hybridized carbons (Fsp3) is 0.632. The van der Waals surface area contributed by atoms with Gasteiger partial charge in [0.25, 0.3) is 0 Å². The molecule has 1 amide bonds. The minimum Gasteiger partial charge on any atom is -0.493 e. The van der Waals surface area contributed by atoms with Gasteiger partial charge >= 0.3 is 0 Å². The van der Waals surface area contributed by atoms with Crippen LogP contribution in [-0.2, 0) is 4.79 Å². The van der Waals surface area contributed by atoms with E-state index < -0.39 is 6.04 Å². The lowest BCUT2D eigenvalue weighted by Crippen LogP contribution is -2.42. The Morgan fingerprint density at radius 3 is 2.54 bits per heavy atom. The zero-order chi connectivity index (χ0) is 18.1. The van der Waals surface area contributed by atoms with E-state index in [1.807, 2.05) is 25.1 Å². The molecule has 136 valence electrons. The fourth-order valence-corrected chi connectivity index (χ4v) is 2.42. The van der Waals surface area contributed by atoms with E-state index >= 15 is 0 Å². The number of carbonyl (C=O) groups excluding carboxylic acids is 1. The third kappa shape index (κ3) is 6.40. The van der Waals surface area contributed by atoms with Crippen molar-refractivity contribution in [1.29, 1.82) is 0 Å². The molecule has 0 heterocycles. The Morgan fingerprint density at radius 1 is 1.25 bits per heavy atom. The molecule has 0 aliphatic rings. The molecular formula is C19H32N2O3. The highest BCUT2D eigenvalue weighted by Gasteiger charge is 2.18. The zero-order valence-corrected chi connectivity index (χ0v) is 15.6. The smallest absolute Gasteiger partial charge is 0.237 e. The summed E-state index contributed by atoms with van der Waals surface area (Å²) in [5.74, 6) is 1.67. The van der Waals surface area contributed by atoms with Crippen molar-refractivity contribution in [3.05, 3.63) is 23.8 Å². The number of nitrogens with two attached hydrogens (primary N) is 1. The standard InChI is InChI=1S/C19H32N2O3/c1-6-7-10-24-17-9-8-15(12-18(17)23-5)14(4)21-19(22)16(20)11-13(2)3/h8-9,12-14,16H,6-7,10-11,20H2,1-5H3,(H,21,22)/t14?,16-/m0/s1. The van der Waals surface area contributed by atoms with Gasteiger partial charge in [0, 0.05) is 0 Å². The first-order valence-electron chi connectivity index (χ1n) is 8.75. The summed E-state index contributed by atoms with van der Waals surface area (Å²) in [5.41, 5.74) is 6.89. The van der Waals surface area contributed by atoms with Gasteiger partial charge in [-0.1, -0.05) is 33.3 Å². The van der Waals surface area contributed by atoms with E-state index in [-0.39, 0.29) is 11.9 Å². The molecule has 0 radical (unpaired) electrons. The molecule has 0 aliphatic carbocycles. The predicted octanol–water partition coefficient (Wildman–Crippen LogP) is 3.42. The van der Waals surface area contributed by atoms with E-state index in [0.717, 1.165) is 24.2 Å². The number of hydrogen-bond acceptors (Lipinski definition) is 4. The zero-order valence-electron chi connectivity index (χ0n) is 15.6. The SMILES string of the molecule is CCCCOc1ccc(C(C)NC(=O)[C@@H](N)CC(C)C)cc1OC. The monoisotopic (exact) mass is 336 g/mol.